The summed E-state index contributed by atoms with van der Waals surface area (Å²) in [4.78, 5) is 12.2. The highest BCUT2D eigenvalue weighted by molar-refractivity contribution is 5.94. The average Bonchev–Trinajstić information content (AvgIpc) is 3.04. The third kappa shape index (κ3) is 3.29. The summed E-state index contributed by atoms with van der Waals surface area (Å²) < 4.78 is 1.60. The van der Waals surface area contributed by atoms with Crippen LogP contribution in [0.25, 0.3) is 5.69 Å². The van der Waals surface area contributed by atoms with Crippen LogP contribution >= 0.6 is 0 Å². The van der Waals surface area contributed by atoms with Gasteiger partial charge in [0.1, 0.15) is 0 Å². The van der Waals surface area contributed by atoms with E-state index in [4.69, 9.17) is 0 Å². The Morgan fingerprint density at radius 3 is 2.52 bits per heavy atom. The molecule has 0 aliphatic heterocycles. The van der Waals surface area contributed by atoms with Gasteiger partial charge in [0.15, 0.2) is 0 Å². The number of carbonyl (C=O) groups is 1. The minimum Gasteiger partial charge on any atom is -0.394 e. The fraction of sp³-hybridized carbons (Fsp3) is 0.333. The largest absolute Gasteiger partial charge is 0.394 e. The van der Waals surface area contributed by atoms with Crippen molar-refractivity contribution in [2.75, 3.05) is 13.2 Å². The van der Waals surface area contributed by atoms with Gasteiger partial charge in [-0.15, -0.1) is 0 Å². The van der Waals surface area contributed by atoms with E-state index < -0.39 is 5.54 Å². The summed E-state index contributed by atoms with van der Waals surface area (Å²) in [6, 6.07) is 9.43. The predicted octanol–water partition coefficient (Wildman–Crippen LogP) is 0.735. The molecule has 1 aromatic carbocycles. The molecule has 2 aromatic rings. The van der Waals surface area contributed by atoms with Crippen LogP contribution in [-0.2, 0) is 0 Å². The Kier molecular flexibility index (Phi) is 4.72. The lowest BCUT2D eigenvalue weighted by molar-refractivity contribution is 0.0653. The zero-order valence-corrected chi connectivity index (χ0v) is 11.9. The van der Waals surface area contributed by atoms with Crippen LogP contribution in [0.5, 0.6) is 0 Å². The first kappa shape index (κ1) is 15.2. The molecule has 1 amide bonds. The quantitative estimate of drug-likeness (QED) is 0.732. The van der Waals surface area contributed by atoms with Crippen LogP contribution in [0.4, 0.5) is 0 Å². The van der Waals surface area contributed by atoms with Crippen LogP contribution in [-0.4, -0.2) is 44.7 Å². The summed E-state index contributed by atoms with van der Waals surface area (Å²) in [6.07, 6.45) is 3.50. The standard InChI is InChI=1S/C15H19N3O3/c1-2-15(10-19,11-20)17-14(21)12-8-16-18(9-12)13-6-4-3-5-7-13/h3-9,19-20H,2,10-11H2,1H3,(H,17,21). The Hall–Kier alpha value is -2.18. The van der Waals surface area contributed by atoms with Crippen LogP contribution < -0.4 is 5.32 Å². The molecule has 0 radical (unpaired) electrons. The van der Waals surface area contributed by atoms with Crippen LogP contribution in [0.3, 0.4) is 0 Å². The summed E-state index contributed by atoms with van der Waals surface area (Å²) in [5, 5.41) is 25.5. The van der Waals surface area contributed by atoms with Gasteiger partial charge in [0.05, 0.1) is 36.2 Å². The van der Waals surface area contributed by atoms with E-state index in [0.29, 0.717) is 12.0 Å². The van der Waals surface area contributed by atoms with Gasteiger partial charge in [-0.3, -0.25) is 4.79 Å². The van der Waals surface area contributed by atoms with Crippen LogP contribution in [0.1, 0.15) is 23.7 Å². The number of carbonyl (C=O) groups excluding carboxylic acids is 1. The van der Waals surface area contributed by atoms with Gasteiger partial charge in [-0.1, -0.05) is 25.1 Å². The summed E-state index contributed by atoms with van der Waals surface area (Å²) in [5.41, 5.74) is 0.215. The third-order valence-corrected chi connectivity index (χ3v) is 3.53. The maximum atomic E-state index is 12.2. The van der Waals surface area contributed by atoms with E-state index in [9.17, 15) is 15.0 Å². The second-order valence-electron chi connectivity index (χ2n) is 4.91. The average molecular weight is 289 g/mol. The summed E-state index contributed by atoms with van der Waals surface area (Å²) >= 11 is 0. The van der Waals surface area contributed by atoms with Crippen molar-refractivity contribution in [3.05, 3.63) is 48.3 Å². The first-order valence-electron chi connectivity index (χ1n) is 6.78. The normalized spacial score (nSPS) is 11.4. The third-order valence-electron chi connectivity index (χ3n) is 3.53. The zero-order valence-electron chi connectivity index (χ0n) is 11.9. The molecule has 1 aromatic heterocycles. The fourth-order valence-corrected chi connectivity index (χ4v) is 1.92. The molecule has 6 heteroatoms. The van der Waals surface area contributed by atoms with Crippen LogP contribution in [0.2, 0.25) is 0 Å². The van der Waals surface area contributed by atoms with Crippen LogP contribution in [0.15, 0.2) is 42.7 Å². The van der Waals surface area contributed by atoms with Gasteiger partial charge in [0.25, 0.3) is 5.91 Å². The topological polar surface area (TPSA) is 87.4 Å². The Bertz CT molecular complexity index is 583. The van der Waals surface area contributed by atoms with Gasteiger partial charge in [-0.05, 0) is 18.6 Å². The van der Waals surface area contributed by atoms with E-state index >= 15 is 0 Å². The lowest BCUT2D eigenvalue weighted by Crippen LogP contribution is -2.53. The highest BCUT2D eigenvalue weighted by atomic mass is 16.3. The maximum Gasteiger partial charge on any atom is 0.255 e. The number of aliphatic hydroxyl groups is 2. The van der Waals surface area contributed by atoms with Gasteiger partial charge in [-0.2, -0.15) is 5.10 Å². The summed E-state index contributed by atoms with van der Waals surface area (Å²) in [6.45, 7) is 1.15. The molecule has 0 fully saturated rings. The zero-order chi connectivity index (χ0) is 15.3. The highest BCUT2D eigenvalue weighted by Crippen LogP contribution is 2.12. The monoisotopic (exact) mass is 289 g/mol. The minimum absolute atomic E-state index is 0.321. The van der Waals surface area contributed by atoms with Crippen molar-refractivity contribution < 1.29 is 15.0 Å². The van der Waals surface area contributed by atoms with Crippen molar-refractivity contribution in [2.24, 2.45) is 0 Å². The second kappa shape index (κ2) is 6.51. The van der Waals surface area contributed by atoms with Crippen LogP contribution in [0, 0.1) is 0 Å². The molecule has 2 rings (SSSR count). The fourth-order valence-electron chi connectivity index (χ4n) is 1.92. The Labute approximate surface area is 123 Å². The number of hydrogen-bond acceptors (Lipinski definition) is 4. The number of hydrogen-bond donors (Lipinski definition) is 3. The lowest BCUT2D eigenvalue weighted by Gasteiger charge is -2.29. The first-order chi connectivity index (χ1) is 10.1. The Balaban J connectivity index is 2.16. The van der Waals surface area contributed by atoms with E-state index in [1.165, 1.54) is 6.20 Å². The molecule has 0 unspecified atom stereocenters. The molecule has 6 nitrogen and oxygen atoms in total. The van der Waals surface area contributed by atoms with Gasteiger partial charge in [-0.25, -0.2) is 4.68 Å². The summed E-state index contributed by atoms with van der Waals surface area (Å²) in [5.74, 6) is -0.373. The van der Waals surface area contributed by atoms with Crippen molar-refractivity contribution >= 4 is 5.91 Å². The van der Waals surface area contributed by atoms with Gasteiger partial charge in [0, 0.05) is 6.20 Å². The Morgan fingerprint density at radius 2 is 1.95 bits per heavy atom. The first-order valence-corrected chi connectivity index (χ1v) is 6.78. The number of rotatable bonds is 6. The smallest absolute Gasteiger partial charge is 0.255 e. The molecule has 0 saturated carbocycles. The molecule has 0 saturated heterocycles. The Morgan fingerprint density at radius 1 is 1.29 bits per heavy atom. The minimum atomic E-state index is -1.01. The molecule has 0 aliphatic carbocycles. The van der Waals surface area contributed by atoms with Crippen molar-refractivity contribution in [1.29, 1.82) is 0 Å². The molecular formula is C15H19N3O3. The second-order valence-corrected chi connectivity index (χ2v) is 4.91. The van der Waals surface area contributed by atoms with E-state index in [-0.39, 0.29) is 19.1 Å². The molecule has 3 N–H and O–H groups in total. The number of amides is 1. The van der Waals surface area contributed by atoms with Gasteiger partial charge in [0.2, 0.25) is 0 Å². The molecule has 0 aliphatic rings. The molecule has 0 atom stereocenters. The number of para-hydroxylation sites is 1. The summed E-state index contributed by atoms with van der Waals surface area (Å²) in [7, 11) is 0. The number of nitrogens with zero attached hydrogens (tertiary/aromatic N) is 2. The SMILES string of the molecule is CCC(CO)(CO)NC(=O)c1cnn(-c2ccccc2)c1. The van der Waals surface area contributed by atoms with Crippen molar-refractivity contribution in [3.8, 4) is 5.69 Å². The van der Waals surface area contributed by atoms with Crippen molar-refractivity contribution in [3.63, 3.8) is 0 Å². The van der Waals surface area contributed by atoms with E-state index in [1.807, 2.05) is 30.3 Å². The van der Waals surface area contributed by atoms with Gasteiger partial charge < -0.3 is 15.5 Å². The molecule has 0 bridgehead atoms. The number of benzene rings is 1. The lowest BCUT2D eigenvalue weighted by atomic mass is 9.98. The van der Waals surface area contributed by atoms with Gasteiger partial charge >= 0.3 is 0 Å². The number of nitrogens with one attached hydrogen (secondary N) is 1. The van der Waals surface area contributed by atoms with Crippen molar-refractivity contribution in [2.45, 2.75) is 18.9 Å². The van der Waals surface area contributed by atoms with E-state index in [0.717, 1.165) is 5.69 Å². The van der Waals surface area contributed by atoms with Crippen molar-refractivity contribution in [1.82, 2.24) is 15.1 Å². The predicted molar refractivity (Wildman–Crippen MR) is 78.2 cm³/mol. The van der Waals surface area contributed by atoms with E-state index in [1.54, 1.807) is 17.8 Å². The molecule has 0 spiro atoms. The molecular weight excluding hydrogens is 270 g/mol. The number of aromatic nitrogens is 2. The highest BCUT2D eigenvalue weighted by Gasteiger charge is 2.29. The number of aliphatic hydroxyl groups excluding tert-OH is 2. The maximum absolute atomic E-state index is 12.2. The van der Waals surface area contributed by atoms with E-state index in [2.05, 4.69) is 10.4 Å². The molecule has 112 valence electrons. The molecule has 21 heavy (non-hydrogen) atoms. The molecule has 1 heterocycles.